The second kappa shape index (κ2) is 4.65. The molecule has 0 saturated carbocycles. The highest BCUT2D eigenvalue weighted by atomic mass is 16.6. The highest BCUT2D eigenvalue weighted by molar-refractivity contribution is 5.63. The van der Waals surface area contributed by atoms with Crippen LogP contribution in [0.15, 0.2) is 36.8 Å². The summed E-state index contributed by atoms with van der Waals surface area (Å²) < 4.78 is 1.47. The third-order valence-electron chi connectivity index (χ3n) is 2.96. The summed E-state index contributed by atoms with van der Waals surface area (Å²) in [6, 6.07) is 5.26. The molecule has 3 aromatic rings. The average molecular weight is 272 g/mol. The fraction of sp³-hybridized carbons (Fsp3) is 0.167. The molecule has 0 atom stereocenters. The van der Waals surface area contributed by atoms with E-state index in [9.17, 15) is 10.1 Å². The van der Waals surface area contributed by atoms with E-state index in [1.54, 1.807) is 48.7 Å². The zero-order chi connectivity index (χ0) is 14.1. The number of aromatic nitrogens is 4. The third-order valence-corrected chi connectivity index (χ3v) is 2.96. The number of anilines is 1. The molecule has 0 fully saturated rings. The summed E-state index contributed by atoms with van der Waals surface area (Å²) in [7, 11) is 1.75. The lowest BCUT2D eigenvalue weighted by molar-refractivity contribution is -0.389. The molecule has 0 saturated heterocycles. The van der Waals surface area contributed by atoms with Crippen LogP contribution in [0.25, 0.3) is 5.65 Å². The van der Waals surface area contributed by atoms with Crippen LogP contribution in [0.2, 0.25) is 0 Å². The van der Waals surface area contributed by atoms with Crippen molar-refractivity contribution in [2.75, 3.05) is 11.9 Å². The van der Waals surface area contributed by atoms with Gasteiger partial charge in [0.15, 0.2) is 0 Å². The zero-order valence-electron chi connectivity index (χ0n) is 10.7. The summed E-state index contributed by atoms with van der Waals surface area (Å²) in [4.78, 5) is 24.0. The van der Waals surface area contributed by atoms with Gasteiger partial charge in [-0.2, -0.15) is 9.38 Å². The van der Waals surface area contributed by atoms with Crippen molar-refractivity contribution in [1.82, 2.24) is 19.4 Å². The highest BCUT2D eigenvalue weighted by Crippen LogP contribution is 2.28. The van der Waals surface area contributed by atoms with Crippen molar-refractivity contribution < 1.29 is 4.92 Å². The zero-order valence-corrected chi connectivity index (χ0v) is 10.7. The molecule has 3 rings (SSSR count). The standard InChI is InChI=1S/C12H12N6O2/c1-16(8-9-13-5-6-14-9)11-12(18(19)20)17-7-3-2-4-10(17)15-11/h2-7H,8H2,1H3,(H,13,14). The van der Waals surface area contributed by atoms with Crippen LogP contribution in [0.5, 0.6) is 0 Å². The van der Waals surface area contributed by atoms with Gasteiger partial charge < -0.3 is 20.0 Å². The van der Waals surface area contributed by atoms with Crippen molar-refractivity contribution in [3.63, 3.8) is 0 Å². The summed E-state index contributed by atoms with van der Waals surface area (Å²) in [5, 5.41) is 11.3. The Morgan fingerprint density at radius 1 is 1.50 bits per heavy atom. The van der Waals surface area contributed by atoms with E-state index in [2.05, 4.69) is 15.0 Å². The van der Waals surface area contributed by atoms with Gasteiger partial charge in [0.05, 0.1) is 12.7 Å². The summed E-state index contributed by atoms with van der Waals surface area (Å²) in [6.45, 7) is 0.414. The first-order valence-electron chi connectivity index (χ1n) is 5.97. The predicted molar refractivity (Wildman–Crippen MR) is 72.5 cm³/mol. The van der Waals surface area contributed by atoms with E-state index in [-0.39, 0.29) is 5.82 Å². The Hall–Kier alpha value is -2.90. The molecule has 0 aliphatic carbocycles. The van der Waals surface area contributed by atoms with Gasteiger partial charge in [-0.3, -0.25) is 0 Å². The lowest BCUT2D eigenvalue weighted by Crippen LogP contribution is -2.19. The maximum absolute atomic E-state index is 11.3. The van der Waals surface area contributed by atoms with Gasteiger partial charge in [-0.1, -0.05) is 6.07 Å². The molecule has 0 radical (unpaired) electrons. The molecule has 8 heteroatoms. The molecule has 0 bridgehead atoms. The minimum atomic E-state index is -0.423. The van der Waals surface area contributed by atoms with Gasteiger partial charge in [0, 0.05) is 25.5 Å². The quantitative estimate of drug-likeness (QED) is 0.575. The van der Waals surface area contributed by atoms with Gasteiger partial charge in [-0.25, -0.2) is 4.98 Å². The van der Waals surface area contributed by atoms with E-state index in [0.29, 0.717) is 18.0 Å². The van der Waals surface area contributed by atoms with Gasteiger partial charge in [0.2, 0.25) is 11.5 Å². The molecule has 1 N–H and O–H groups in total. The van der Waals surface area contributed by atoms with Crippen LogP contribution in [0.1, 0.15) is 5.82 Å². The number of H-pyrrole nitrogens is 1. The molecular weight excluding hydrogens is 260 g/mol. The van der Waals surface area contributed by atoms with Crippen LogP contribution in [0, 0.1) is 10.1 Å². The van der Waals surface area contributed by atoms with Crippen LogP contribution in [-0.4, -0.2) is 31.3 Å². The number of fused-ring (bicyclic) bond motifs is 1. The highest BCUT2D eigenvalue weighted by Gasteiger charge is 2.25. The smallest absolute Gasteiger partial charge is 0.358 e. The van der Waals surface area contributed by atoms with Crippen molar-refractivity contribution in [2.45, 2.75) is 6.54 Å². The number of hydrogen-bond acceptors (Lipinski definition) is 5. The molecule has 0 unspecified atom stereocenters. The molecule has 0 amide bonds. The van der Waals surface area contributed by atoms with Gasteiger partial charge in [-0.15, -0.1) is 0 Å². The number of nitrogens with zero attached hydrogens (tertiary/aromatic N) is 5. The van der Waals surface area contributed by atoms with Crippen LogP contribution in [0.4, 0.5) is 11.6 Å². The van der Waals surface area contributed by atoms with Gasteiger partial charge in [0.25, 0.3) is 0 Å². The molecular formula is C12H12N6O2. The maximum atomic E-state index is 11.3. The Kier molecular flexibility index (Phi) is 2.82. The lowest BCUT2D eigenvalue weighted by Gasteiger charge is -2.13. The van der Waals surface area contributed by atoms with Crippen molar-refractivity contribution in [1.29, 1.82) is 0 Å². The molecule has 102 valence electrons. The molecule has 0 aliphatic rings. The van der Waals surface area contributed by atoms with Crippen LogP contribution < -0.4 is 4.90 Å². The molecule has 3 heterocycles. The Labute approximate surface area is 113 Å². The number of nitro groups is 1. The third kappa shape index (κ3) is 1.96. The SMILES string of the molecule is CN(Cc1ncc[nH]1)c1nc2ccccn2c1[N+](=O)[O-]. The largest absolute Gasteiger partial charge is 0.372 e. The molecule has 0 spiro atoms. The molecule has 20 heavy (non-hydrogen) atoms. The second-order valence-electron chi connectivity index (χ2n) is 4.34. The van der Waals surface area contributed by atoms with E-state index < -0.39 is 4.92 Å². The Bertz CT molecular complexity index is 748. The topological polar surface area (TPSA) is 92.4 Å². The fourth-order valence-corrected chi connectivity index (χ4v) is 2.08. The summed E-state index contributed by atoms with van der Waals surface area (Å²) >= 11 is 0. The molecule has 0 aliphatic heterocycles. The number of rotatable bonds is 4. The van der Waals surface area contributed by atoms with E-state index in [0.717, 1.165) is 5.82 Å². The normalized spacial score (nSPS) is 10.8. The van der Waals surface area contributed by atoms with Crippen molar-refractivity contribution >= 4 is 17.3 Å². The molecule has 0 aromatic carbocycles. The lowest BCUT2D eigenvalue weighted by atomic mass is 10.5. The monoisotopic (exact) mass is 272 g/mol. The first-order chi connectivity index (χ1) is 9.66. The van der Waals surface area contributed by atoms with Gasteiger partial charge in [-0.05, 0) is 11.0 Å². The maximum Gasteiger partial charge on any atom is 0.372 e. The number of aromatic amines is 1. The minimum Gasteiger partial charge on any atom is -0.358 e. The van der Waals surface area contributed by atoms with Crippen LogP contribution in [-0.2, 0) is 6.54 Å². The number of imidazole rings is 2. The van der Waals surface area contributed by atoms with Crippen molar-refractivity contribution in [3.05, 3.63) is 52.7 Å². The number of nitrogens with one attached hydrogen (secondary N) is 1. The van der Waals surface area contributed by atoms with E-state index in [1.807, 2.05) is 0 Å². The number of pyridine rings is 1. The Morgan fingerprint density at radius 3 is 3.05 bits per heavy atom. The fourth-order valence-electron chi connectivity index (χ4n) is 2.08. The van der Waals surface area contributed by atoms with Gasteiger partial charge in [0.1, 0.15) is 5.82 Å². The predicted octanol–water partition coefficient (Wildman–Crippen LogP) is 1.60. The number of hydrogen-bond donors (Lipinski definition) is 1. The van der Waals surface area contributed by atoms with Crippen LogP contribution in [0.3, 0.4) is 0 Å². The summed E-state index contributed by atoms with van der Waals surface area (Å²) in [5.74, 6) is 0.992. The van der Waals surface area contributed by atoms with E-state index in [4.69, 9.17) is 0 Å². The first-order valence-corrected chi connectivity index (χ1v) is 5.97. The average Bonchev–Trinajstić information content (AvgIpc) is 3.04. The summed E-state index contributed by atoms with van der Waals surface area (Å²) in [6.07, 6.45) is 4.98. The molecule has 8 nitrogen and oxygen atoms in total. The van der Waals surface area contributed by atoms with Gasteiger partial charge >= 0.3 is 5.82 Å². The second-order valence-corrected chi connectivity index (χ2v) is 4.34. The Morgan fingerprint density at radius 2 is 2.35 bits per heavy atom. The van der Waals surface area contributed by atoms with Crippen molar-refractivity contribution in [2.24, 2.45) is 0 Å². The molecule has 3 aromatic heterocycles. The van der Waals surface area contributed by atoms with Crippen LogP contribution >= 0.6 is 0 Å². The van der Waals surface area contributed by atoms with E-state index >= 15 is 0 Å². The van der Waals surface area contributed by atoms with E-state index in [1.165, 1.54) is 4.40 Å². The minimum absolute atomic E-state index is 0.0466. The Balaban J connectivity index is 2.06. The first kappa shape index (κ1) is 12.2. The van der Waals surface area contributed by atoms with Crippen molar-refractivity contribution in [3.8, 4) is 0 Å². The summed E-state index contributed by atoms with van der Waals surface area (Å²) in [5.41, 5.74) is 0.542.